The van der Waals surface area contributed by atoms with Crippen LogP contribution in [-0.2, 0) is 11.3 Å². The predicted octanol–water partition coefficient (Wildman–Crippen LogP) is 1.98. The number of para-hydroxylation sites is 1. The summed E-state index contributed by atoms with van der Waals surface area (Å²) in [6.07, 6.45) is -0.902. The third-order valence-electron chi connectivity index (χ3n) is 3.89. The van der Waals surface area contributed by atoms with E-state index >= 15 is 0 Å². The van der Waals surface area contributed by atoms with Crippen LogP contribution in [0.3, 0.4) is 0 Å². The smallest absolute Gasteiger partial charge is 0.246 e. The molecule has 0 radical (unpaired) electrons. The highest BCUT2D eigenvalue weighted by Gasteiger charge is 2.27. The standard InChI is InChI=1S/C17H14N4O2/c22-14-10-21-16(12-8-4-5-9-13(12)18-14)15(19-20-21)17(23)11-6-2-1-3-7-11/h1-9,17,23H,10H2,(H,18,22). The first-order valence-corrected chi connectivity index (χ1v) is 7.29. The molecule has 1 atom stereocenters. The Morgan fingerprint density at radius 2 is 1.83 bits per heavy atom. The van der Waals surface area contributed by atoms with Crippen LogP contribution in [0.4, 0.5) is 5.69 Å². The Hall–Kier alpha value is -2.99. The van der Waals surface area contributed by atoms with Crippen LogP contribution in [0.15, 0.2) is 54.6 Å². The Morgan fingerprint density at radius 1 is 1.09 bits per heavy atom. The van der Waals surface area contributed by atoms with Crippen LogP contribution in [0.1, 0.15) is 17.4 Å². The molecular weight excluding hydrogens is 292 g/mol. The van der Waals surface area contributed by atoms with Gasteiger partial charge in [-0.1, -0.05) is 53.7 Å². The summed E-state index contributed by atoms with van der Waals surface area (Å²) in [6.45, 7) is 0.0680. The number of anilines is 1. The maximum atomic E-state index is 12.0. The maximum absolute atomic E-state index is 12.0. The molecule has 1 aliphatic rings. The zero-order chi connectivity index (χ0) is 15.8. The summed E-state index contributed by atoms with van der Waals surface area (Å²) in [5.74, 6) is -0.165. The number of rotatable bonds is 2. The zero-order valence-electron chi connectivity index (χ0n) is 12.2. The highest BCUT2D eigenvalue weighted by atomic mass is 16.3. The van der Waals surface area contributed by atoms with Gasteiger partial charge in [0.25, 0.3) is 0 Å². The lowest BCUT2D eigenvalue weighted by molar-refractivity contribution is -0.116. The van der Waals surface area contributed by atoms with Crippen LogP contribution in [0.2, 0.25) is 0 Å². The Bertz CT molecular complexity index is 873. The number of carbonyl (C=O) groups is 1. The number of nitrogens with one attached hydrogen (secondary N) is 1. The number of hydrogen-bond acceptors (Lipinski definition) is 4. The molecule has 0 bridgehead atoms. The van der Waals surface area contributed by atoms with E-state index in [1.54, 1.807) is 0 Å². The summed E-state index contributed by atoms with van der Waals surface area (Å²) in [4.78, 5) is 12.0. The van der Waals surface area contributed by atoms with Gasteiger partial charge in [0.15, 0.2) is 0 Å². The van der Waals surface area contributed by atoms with Crippen molar-refractivity contribution in [3.05, 3.63) is 65.9 Å². The summed E-state index contributed by atoms with van der Waals surface area (Å²) >= 11 is 0. The minimum Gasteiger partial charge on any atom is -0.382 e. The van der Waals surface area contributed by atoms with Gasteiger partial charge in [-0.25, -0.2) is 4.68 Å². The van der Waals surface area contributed by atoms with Crippen LogP contribution in [0.5, 0.6) is 0 Å². The quantitative estimate of drug-likeness (QED) is 0.758. The SMILES string of the molecule is O=C1Cn2nnc(C(O)c3ccccc3)c2-c2ccccc2N1. The van der Waals surface area contributed by atoms with E-state index in [4.69, 9.17) is 0 Å². The van der Waals surface area contributed by atoms with Gasteiger partial charge in [0.2, 0.25) is 5.91 Å². The molecule has 23 heavy (non-hydrogen) atoms. The summed E-state index contributed by atoms with van der Waals surface area (Å²) in [5, 5.41) is 21.7. The largest absolute Gasteiger partial charge is 0.382 e. The molecule has 6 nitrogen and oxygen atoms in total. The number of carbonyl (C=O) groups excluding carboxylic acids is 1. The average molecular weight is 306 g/mol. The van der Waals surface area contributed by atoms with Gasteiger partial charge < -0.3 is 10.4 Å². The Kier molecular flexibility index (Phi) is 3.17. The number of fused-ring (bicyclic) bond motifs is 3. The molecule has 0 fully saturated rings. The molecule has 0 saturated carbocycles. The van der Waals surface area contributed by atoms with Crippen molar-refractivity contribution in [1.82, 2.24) is 15.0 Å². The van der Waals surface area contributed by atoms with Crippen molar-refractivity contribution in [2.75, 3.05) is 5.32 Å². The van der Waals surface area contributed by atoms with Crippen LogP contribution in [0.25, 0.3) is 11.3 Å². The third-order valence-corrected chi connectivity index (χ3v) is 3.89. The summed E-state index contributed by atoms with van der Waals surface area (Å²) in [5.41, 5.74) is 3.33. The van der Waals surface area contributed by atoms with Crippen molar-refractivity contribution in [2.24, 2.45) is 0 Å². The van der Waals surface area contributed by atoms with E-state index < -0.39 is 6.10 Å². The first-order valence-electron chi connectivity index (χ1n) is 7.29. The van der Waals surface area contributed by atoms with Gasteiger partial charge in [0.05, 0.1) is 11.4 Å². The normalized spacial score (nSPS) is 14.4. The molecule has 3 aromatic rings. The molecule has 1 unspecified atom stereocenters. The highest BCUT2D eigenvalue weighted by molar-refractivity contribution is 5.97. The number of aromatic nitrogens is 3. The lowest BCUT2D eigenvalue weighted by Crippen LogP contribution is -2.17. The second-order valence-electron chi connectivity index (χ2n) is 5.39. The molecule has 1 aromatic heterocycles. The van der Waals surface area contributed by atoms with Crippen LogP contribution < -0.4 is 5.32 Å². The lowest BCUT2D eigenvalue weighted by Gasteiger charge is -2.12. The third kappa shape index (κ3) is 2.29. The molecule has 2 N–H and O–H groups in total. The van der Waals surface area contributed by atoms with Gasteiger partial charge in [-0.2, -0.15) is 0 Å². The van der Waals surface area contributed by atoms with Gasteiger partial charge >= 0.3 is 0 Å². The first kappa shape index (κ1) is 13.7. The molecule has 4 rings (SSSR count). The monoisotopic (exact) mass is 306 g/mol. The highest BCUT2D eigenvalue weighted by Crippen LogP contribution is 2.35. The minimum absolute atomic E-state index is 0.0680. The van der Waals surface area contributed by atoms with Crippen molar-refractivity contribution >= 4 is 11.6 Å². The second kappa shape index (κ2) is 5.33. The Balaban J connectivity index is 1.90. The molecule has 2 aromatic carbocycles. The maximum Gasteiger partial charge on any atom is 0.246 e. The summed E-state index contributed by atoms with van der Waals surface area (Å²) < 4.78 is 1.53. The number of aliphatic hydroxyl groups excluding tert-OH is 1. The van der Waals surface area contributed by atoms with E-state index in [-0.39, 0.29) is 12.5 Å². The van der Waals surface area contributed by atoms with Crippen molar-refractivity contribution in [2.45, 2.75) is 12.6 Å². The molecule has 114 valence electrons. The predicted molar refractivity (Wildman–Crippen MR) is 84.6 cm³/mol. The number of hydrogen-bond donors (Lipinski definition) is 2. The van der Waals surface area contributed by atoms with Crippen LogP contribution in [0, 0.1) is 0 Å². The van der Waals surface area contributed by atoms with Gasteiger partial charge in [-0.05, 0) is 11.6 Å². The number of amides is 1. The summed E-state index contributed by atoms with van der Waals surface area (Å²) in [7, 11) is 0. The van der Waals surface area contributed by atoms with Gasteiger partial charge in [0.1, 0.15) is 18.3 Å². The van der Waals surface area contributed by atoms with E-state index in [1.807, 2.05) is 54.6 Å². The number of benzene rings is 2. The Morgan fingerprint density at radius 3 is 2.65 bits per heavy atom. The molecule has 1 aliphatic heterocycles. The van der Waals surface area contributed by atoms with Gasteiger partial charge in [0, 0.05) is 5.56 Å². The van der Waals surface area contributed by atoms with E-state index in [0.717, 1.165) is 11.1 Å². The Labute approximate surface area is 132 Å². The molecule has 0 spiro atoms. The second-order valence-corrected chi connectivity index (χ2v) is 5.39. The van der Waals surface area contributed by atoms with Crippen molar-refractivity contribution in [3.8, 4) is 11.3 Å². The fourth-order valence-corrected chi connectivity index (χ4v) is 2.82. The molecule has 1 amide bonds. The number of aliphatic hydroxyl groups is 1. The van der Waals surface area contributed by atoms with Crippen molar-refractivity contribution < 1.29 is 9.90 Å². The molecule has 6 heteroatoms. The fourth-order valence-electron chi connectivity index (χ4n) is 2.82. The first-order chi connectivity index (χ1) is 11.2. The summed E-state index contributed by atoms with van der Waals surface area (Å²) in [6, 6.07) is 16.7. The van der Waals surface area contributed by atoms with E-state index in [9.17, 15) is 9.90 Å². The van der Waals surface area contributed by atoms with Gasteiger partial charge in [-0.15, -0.1) is 5.10 Å². The van der Waals surface area contributed by atoms with Crippen LogP contribution in [-0.4, -0.2) is 26.0 Å². The van der Waals surface area contributed by atoms with E-state index in [0.29, 0.717) is 17.1 Å². The zero-order valence-corrected chi connectivity index (χ0v) is 12.2. The van der Waals surface area contributed by atoms with Gasteiger partial charge in [-0.3, -0.25) is 4.79 Å². The van der Waals surface area contributed by atoms with E-state index in [1.165, 1.54) is 4.68 Å². The van der Waals surface area contributed by atoms with E-state index in [2.05, 4.69) is 15.6 Å². The molecule has 2 heterocycles. The minimum atomic E-state index is -0.902. The average Bonchev–Trinajstić information content (AvgIpc) is 2.92. The van der Waals surface area contributed by atoms with Crippen molar-refractivity contribution in [1.29, 1.82) is 0 Å². The molecule has 0 aliphatic carbocycles. The topological polar surface area (TPSA) is 80.0 Å². The van der Waals surface area contributed by atoms with Crippen LogP contribution >= 0.6 is 0 Å². The molecular formula is C17H14N4O2. The fraction of sp³-hybridized carbons (Fsp3) is 0.118. The number of nitrogens with zero attached hydrogens (tertiary/aromatic N) is 3. The molecule has 0 saturated heterocycles. The lowest BCUT2D eigenvalue weighted by atomic mass is 10.0. The van der Waals surface area contributed by atoms with Crippen molar-refractivity contribution in [3.63, 3.8) is 0 Å².